The second kappa shape index (κ2) is 8.34. The van der Waals surface area contributed by atoms with Crippen molar-refractivity contribution < 1.29 is 18.5 Å². The summed E-state index contributed by atoms with van der Waals surface area (Å²) in [6.45, 7) is 7.79. The number of hydrogen-bond acceptors (Lipinski definition) is 6. The zero-order valence-electron chi connectivity index (χ0n) is 14.7. The van der Waals surface area contributed by atoms with Gasteiger partial charge in [0, 0.05) is 23.9 Å². The van der Waals surface area contributed by atoms with Gasteiger partial charge in [0.2, 0.25) is 5.79 Å². The van der Waals surface area contributed by atoms with Crippen molar-refractivity contribution in [2.24, 2.45) is 11.1 Å². The molecule has 1 aromatic carbocycles. The van der Waals surface area contributed by atoms with E-state index in [-0.39, 0.29) is 11.4 Å². The van der Waals surface area contributed by atoms with Crippen LogP contribution in [0.15, 0.2) is 24.3 Å². The molecule has 134 valence electrons. The average molecular weight is 353 g/mol. The minimum atomic E-state index is -0.903. The molecule has 1 fully saturated rings. The van der Waals surface area contributed by atoms with Gasteiger partial charge in [0.25, 0.3) is 0 Å². The minimum absolute atomic E-state index is 0.0374. The summed E-state index contributed by atoms with van der Waals surface area (Å²) in [5.41, 5.74) is 7.59. The van der Waals surface area contributed by atoms with Crippen LogP contribution >= 0.6 is 12.0 Å². The molecule has 0 aromatic heterocycles. The lowest BCUT2D eigenvalue weighted by Crippen LogP contribution is -2.47. The van der Waals surface area contributed by atoms with E-state index in [1.165, 1.54) is 0 Å². The molecule has 0 atom stereocenters. The highest BCUT2D eigenvalue weighted by atomic mass is 32.2. The summed E-state index contributed by atoms with van der Waals surface area (Å²) >= 11 is 1.09. The smallest absolute Gasteiger partial charge is 0.317 e. The van der Waals surface area contributed by atoms with Crippen LogP contribution in [0.2, 0.25) is 0 Å². The van der Waals surface area contributed by atoms with Gasteiger partial charge < -0.3 is 19.4 Å². The van der Waals surface area contributed by atoms with Crippen LogP contribution in [0.25, 0.3) is 0 Å². The summed E-state index contributed by atoms with van der Waals surface area (Å²) in [5.74, 6) is -0.729. The quantitative estimate of drug-likeness (QED) is 0.758. The van der Waals surface area contributed by atoms with E-state index in [0.29, 0.717) is 31.9 Å². The summed E-state index contributed by atoms with van der Waals surface area (Å²) in [5, 5.41) is 0. The fraction of sp³-hybridized carbons (Fsp3) is 0.611. The van der Waals surface area contributed by atoms with Gasteiger partial charge in [-0.15, -0.1) is 0 Å². The van der Waals surface area contributed by atoms with Gasteiger partial charge in [-0.2, -0.15) is 0 Å². The second-order valence-corrected chi connectivity index (χ2v) is 7.55. The molecule has 0 unspecified atom stereocenters. The van der Waals surface area contributed by atoms with E-state index in [2.05, 4.69) is 13.8 Å². The Bertz CT molecular complexity index is 534. The van der Waals surface area contributed by atoms with Crippen molar-refractivity contribution in [3.63, 3.8) is 0 Å². The highest BCUT2D eigenvalue weighted by molar-refractivity contribution is 7.95. The summed E-state index contributed by atoms with van der Waals surface area (Å²) in [7, 11) is 0. The van der Waals surface area contributed by atoms with Crippen LogP contribution in [-0.2, 0) is 30.8 Å². The van der Waals surface area contributed by atoms with E-state index < -0.39 is 5.79 Å². The molecule has 1 aromatic rings. The molecule has 0 spiro atoms. The number of rotatable bonds is 7. The van der Waals surface area contributed by atoms with Crippen molar-refractivity contribution >= 4 is 18.0 Å². The number of carbonyl (C=O) groups is 1. The Hall–Kier alpha value is -1.08. The van der Waals surface area contributed by atoms with Gasteiger partial charge in [-0.1, -0.05) is 45.0 Å². The van der Waals surface area contributed by atoms with Crippen molar-refractivity contribution in [3.8, 4) is 0 Å². The van der Waals surface area contributed by atoms with E-state index in [0.717, 1.165) is 29.6 Å². The van der Waals surface area contributed by atoms with Gasteiger partial charge in [0.15, 0.2) is 0 Å². The molecule has 0 amide bonds. The van der Waals surface area contributed by atoms with Crippen LogP contribution in [0, 0.1) is 5.41 Å². The Kier molecular flexibility index (Phi) is 6.69. The van der Waals surface area contributed by atoms with Gasteiger partial charge in [-0.05, 0) is 12.0 Å². The maximum absolute atomic E-state index is 11.6. The van der Waals surface area contributed by atoms with Crippen molar-refractivity contribution in [2.75, 3.05) is 19.0 Å². The number of hydrogen-bond donors (Lipinski definition) is 1. The van der Waals surface area contributed by atoms with Crippen molar-refractivity contribution in [1.29, 1.82) is 0 Å². The van der Waals surface area contributed by atoms with Crippen molar-refractivity contribution in [2.45, 2.75) is 45.9 Å². The van der Waals surface area contributed by atoms with Gasteiger partial charge in [0.1, 0.15) is 0 Å². The first-order valence-corrected chi connectivity index (χ1v) is 9.21. The highest BCUT2D eigenvalue weighted by Gasteiger charge is 2.42. The van der Waals surface area contributed by atoms with E-state index in [1.54, 1.807) is 0 Å². The predicted molar refractivity (Wildman–Crippen MR) is 95.2 cm³/mol. The average Bonchev–Trinajstić information content (AvgIpc) is 2.57. The Labute approximate surface area is 148 Å². The Morgan fingerprint density at radius 2 is 1.88 bits per heavy atom. The number of nitrogens with two attached hydrogens (primary N) is 1. The van der Waals surface area contributed by atoms with Crippen molar-refractivity contribution in [3.05, 3.63) is 35.4 Å². The molecule has 0 aliphatic carbocycles. The first-order valence-electron chi connectivity index (χ1n) is 8.30. The van der Waals surface area contributed by atoms with E-state index >= 15 is 0 Å². The molecule has 2 N–H and O–H groups in total. The Morgan fingerprint density at radius 3 is 2.42 bits per heavy atom. The van der Waals surface area contributed by atoms with Crippen LogP contribution in [0.5, 0.6) is 0 Å². The van der Waals surface area contributed by atoms with Gasteiger partial charge >= 0.3 is 5.97 Å². The molecule has 1 aliphatic rings. The molecule has 1 saturated heterocycles. The van der Waals surface area contributed by atoms with Gasteiger partial charge in [-0.25, -0.2) is 0 Å². The molecule has 6 heteroatoms. The van der Waals surface area contributed by atoms with E-state index in [4.69, 9.17) is 19.4 Å². The predicted octanol–water partition coefficient (Wildman–Crippen LogP) is 3.36. The van der Waals surface area contributed by atoms with Gasteiger partial charge in [-0.3, -0.25) is 4.79 Å². The summed E-state index contributed by atoms with van der Waals surface area (Å²) in [6, 6.07) is 7.87. The molecule has 1 aliphatic heterocycles. The van der Waals surface area contributed by atoms with Crippen LogP contribution < -0.4 is 5.73 Å². The first kappa shape index (κ1) is 19.2. The van der Waals surface area contributed by atoms with E-state index in [9.17, 15) is 4.79 Å². The van der Waals surface area contributed by atoms with Gasteiger partial charge in [0.05, 0.1) is 31.0 Å². The fourth-order valence-corrected chi connectivity index (χ4v) is 3.12. The summed E-state index contributed by atoms with van der Waals surface area (Å²) < 4.78 is 17.5. The maximum Gasteiger partial charge on any atom is 0.317 e. The first-order chi connectivity index (χ1) is 11.4. The lowest BCUT2D eigenvalue weighted by atomic mass is 9.93. The normalized spacial score (nSPS) is 19.0. The summed E-state index contributed by atoms with van der Waals surface area (Å²) in [6.07, 6.45) is 1.19. The zero-order chi connectivity index (χ0) is 17.6. The molecule has 24 heavy (non-hydrogen) atoms. The standard InChI is InChI=1S/C18H27NO4S/c1-4-5-16(20)23-24-13-18(21-11-17(2,3)12-22-18)15-8-6-14(10-19)7-9-15/h6-9H,4-5,10-13,19H2,1-3H3. The third kappa shape index (κ3) is 4.96. The topological polar surface area (TPSA) is 70.8 Å². The zero-order valence-corrected chi connectivity index (χ0v) is 15.5. The third-order valence-corrected chi connectivity index (χ3v) is 4.68. The van der Waals surface area contributed by atoms with Crippen molar-refractivity contribution in [1.82, 2.24) is 0 Å². The molecule has 5 nitrogen and oxygen atoms in total. The molecular weight excluding hydrogens is 326 g/mol. The fourth-order valence-electron chi connectivity index (χ4n) is 2.35. The lowest BCUT2D eigenvalue weighted by Gasteiger charge is -2.43. The van der Waals surface area contributed by atoms with E-state index in [1.807, 2.05) is 31.2 Å². The SMILES string of the molecule is CCCC(=O)OSCC1(c2ccc(CN)cc2)OCC(C)(C)CO1. The molecule has 0 saturated carbocycles. The Balaban J connectivity index is 2.11. The molecule has 0 radical (unpaired) electrons. The minimum Gasteiger partial charge on any atom is -0.391 e. The second-order valence-electron chi connectivity index (χ2n) is 6.86. The Morgan fingerprint density at radius 1 is 1.25 bits per heavy atom. The monoisotopic (exact) mass is 353 g/mol. The largest absolute Gasteiger partial charge is 0.391 e. The number of benzene rings is 1. The molecular formula is C18H27NO4S. The molecule has 2 rings (SSSR count). The third-order valence-electron chi connectivity index (χ3n) is 3.88. The van der Waals surface area contributed by atoms with Crippen LogP contribution in [0.3, 0.4) is 0 Å². The molecule has 1 heterocycles. The van der Waals surface area contributed by atoms with Crippen LogP contribution in [-0.4, -0.2) is 24.9 Å². The summed E-state index contributed by atoms with van der Waals surface area (Å²) in [4.78, 5) is 11.6. The number of carbonyl (C=O) groups excluding carboxylic acids is 1. The highest BCUT2D eigenvalue weighted by Crippen LogP contribution is 2.39. The lowest BCUT2D eigenvalue weighted by molar-refractivity contribution is -0.295. The molecule has 0 bridgehead atoms. The van der Waals surface area contributed by atoms with Crippen LogP contribution in [0.1, 0.15) is 44.7 Å². The van der Waals surface area contributed by atoms with Crippen LogP contribution in [0.4, 0.5) is 0 Å². The number of ether oxygens (including phenoxy) is 2. The maximum atomic E-state index is 11.6.